The highest BCUT2D eigenvalue weighted by Crippen LogP contribution is 2.20. The summed E-state index contributed by atoms with van der Waals surface area (Å²) < 4.78 is 0. The first-order valence-electron chi connectivity index (χ1n) is 8.24. The van der Waals surface area contributed by atoms with Gasteiger partial charge in [-0.3, -0.25) is 4.90 Å². The van der Waals surface area contributed by atoms with Crippen molar-refractivity contribution in [3.05, 3.63) is 37.0 Å². The van der Waals surface area contributed by atoms with Crippen LogP contribution >= 0.6 is 0 Å². The van der Waals surface area contributed by atoms with Gasteiger partial charge in [-0.05, 0) is 37.8 Å². The summed E-state index contributed by atoms with van der Waals surface area (Å²) in [5, 5.41) is 3.90. The Labute approximate surface area is 124 Å². The third-order valence-corrected chi connectivity index (χ3v) is 4.58. The van der Waals surface area contributed by atoms with Crippen molar-refractivity contribution in [2.45, 2.75) is 57.0 Å². The molecule has 2 nitrogen and oxygen atoms in total. The highest BCUT2D eigenvalue weighted by atomic mass is 15.2. The molecule has 1 N–H and O–H groups in total. The molecule has 0 aromatic rings. The molecule has 0 radical (unpaired) electrons. The Balaban J connectivity index is 1.80. The van der Waals surface area contributed by atoms with Crippen LogP contribution in [0.4, 0.5) is 0 Å². The van der Waals surface area contributed by atoms with Gasteiger partial charge < -0.3 is 5.32 Å². The lowest BCUT2D eigenvalue weighted by atomic mass is 9.93. The second-order valence-corrected chi connectivity index (χ2v) is 6.26. The molecule has 0 aromatic carbocycles. The summed E-state index contributed by atoms with van der Waals surface area (Å²) in [6.07, 6.45) is 15.6. The highest BCUT2D eigenvalue weighted by molar-refractivity contribution is 5.22. The van der Waals surface area contributed by atoms with Gasteiger partial charge >= 0.3 is 0 Å². The molecule has 1 aliphatic heterocycles. The molecule has 1 unspecified atom stereocenters. The van der Waals surface area contributed by atoms with Crippen LogP contribution in [0.15, 0.2) is 37.0 Å². The van der Waals surface area contributed by atoms with E-state index in [9.17, 15) is 0 Å². The van der Waals surface area contributed by atoms with Crippen molar-refractivity contribution in [1.29, 1.82) is 0 Å². The number of hydrogen-bond acceptors (Lipinski definition) is 2. The highest BCUT2D eigenvalue weighted by Gasteiger charge is 2.23. The van der Waals surface area contributed by atoms with Crippen LogP contribution < -0.4 is 5.32 Å². The van der Waals surface area contributed by atoms with Crippen molar-refractivity contribution < 1.29 is 0 Å². The summed E-state index contributed by atoms with van der Waals surface area (Å²) in [5.74, 6) is 0. The zero-order valence-corrected chi connectivity index (χ0v) is 12.8. The van der Waals surface area contributed by atoms with Crippen LogP contribution in [0.3, 0.4) is 0 Å². The Hall–Kier alpha value is -0.860. The topological polar surface area (TPSA) is 15.3 Å². The van der Waals surface area contributed by atoms with Gasteiger partial charge in [-0.1, -0.05) is 50.6 Å². The van der Waals surface area contributed by atoms with E-state index in [0.29, 0.717) is 6.04 Å². The number of nitrogens with one attached hydrogen (secondary N) is 1. The second-order valence-electron chi connectivity index (χ2n) is 6.26. The monoisotopic (exact) mass is 274 g/mol. The molecule has 20 heavy (non-hydrogen) atoms. The van der Waals surface area contributed by atoms with Crippen LogP contribution in [0.2, 0.25) is 0 Å². The van der Waals surface area contributed by atoms with Crippen molar-refractivity contribution in [3.63, 3.8) is 0 Å². The first kappa shape index (κ1) is 15.5. The van der Waals surface area contributed by atoms with E-state index in [1.54, 1.807) is 0 Å². The summed E-state index contributed by atoms with van der Waals surface area (Å²) in [7, 11) is 0. The van der Waals surface area contributed by atoms with Crippen molar-refractivity contribution in [2.75, 3.05) is 19.6 Å². The minimum absolute atomic E-state index is 0.682. The van der Waals surface area contributed by atoms with Crippen LogP contribution in [0.5, 0.6) is 0 Å². The molecule has 112 valence electrons. The molecule has 0 spiro atoms. The van der Waals surface area contributed by atoms with E-state index in [-0.39, 0.29) is 0 Å². The lowest BCUT2D eigenvalue weighted by Crippen LogP contribution is -2.49. The van der Waals surface area contributed by atoms with Crippen LogP contribution in [-0.2, 0) is 0 Å². The van der Waals surface area contributed by atoms with Gasteiger partial charge in [0.1, 0.15) is 0 Å². The predicted molar refractivity (Wildman–Crippen MR) is 87.9 cm³/mol. The first-order chi connectivity index (χ1) is 9.81. The number of hydrogen-bond donors (Lipinski definition) is 1. The molecular formula is C18H30N2. The maximum absolute atomic E-state index is 3.90. The molecule has 1 saturated carbocycles. The Morgan fingerprint density at radius 1 is 1.05 bits per heavy atom. The van der Waals surface area contributed by atoms with Crippen LogP contribution in [-0.4, -0.2) is 36.6 Å². The molecule has 1 saturated heterocycles. The molecule has 2 fully saturated rings. The maximum Gasteiger partial charge on any atom is 0.0234 e. The Morgan fingerprint density at radius 3 is 2.50 bits per heavy atom. The number of likely N-dealkylation sites (tertiary alicyclic amines) is 1. The van der Waals surface area contributed by atoms with Crippen molar-refractivity contribution in [2.24, 2.45) is 0 Å². The van der Waals surface area contributed by atoms with Crippen molar-refractivity contribution in [1.82, 2.24) is 10.2 Å². The summed E-state index contributed by atoms with van der Waals surface area (Å²) in [6, 6.07) is 1.46. The fraction of sp³-hybridized carbons (Fsp3) is 0.667. The third kappa shape index (κ3) is 4.92. The second kappa shape index (κ2) is 8.43. The zero-order chi connectivity index (χ0) is 14.2. The zero-order valence-electron chi connectivity index (χ0n) is 12.8. The van der Waals surface area contributed by atoms with E-state index in [0.717, 1.165) is 12.6 Å². The van der Waals surface area contributed by atoms with Gasteiger partial charge in [-0.2, -0.15) is 0 Å². The molecule has 2 rings (SSSR count). The van der Waals surface area contributed by atoms with Crippen LogP contribution in [0, 0.1) is 0 Å². The minimum Gasteiger partial charge on any atom is -0.310 e. The standard InChI is InChI=1S/C18H30N2/c1-3-9-16(4-2)14-20-13-8-12-18(15-20)19-17-10-6-5-7-11-17/h3-4,9,17-19H,1-2,5-8,10-15H2/b16-9+. The van der Waals surface area contributed by atoms with E-state index < -0.39 is 0 Å². The van der Waals surface area contributed by atoms with Crippen molar-refractivity contribution >= 4 is 0 Å². The molecule has 0 bridgehead atoms. The number of nitrogens with zero attached hydrogens (tertiary/aromatic N) is 1. The average Bonchev–Trinajstić information content (AvgIpc) is 2.48. The lowest BCUT2D eigenvalue weighted by Gasteiger charge is -2.36. The number of rotatable bonds is 6. The lowest BCUT2D eigenvalue weighted by molar-refractivity contribution is 0.187. The average molecular weight is 274 g/mol. The van der Waals surface area contributed by atoms with E-state index >= 15 is 0 Å². The van der Waals surface area contributed by atoms with Gasteiger partial charge in [0.25, 0.3) is 0 Å². The Morgan fingerprint density at radius 2 is 1.80 bits per heavy atom. The normalized spacial score (nSPS) is 26.4. The first-order valence-corrected chi connectivity index (χ1v) is 8.24. The SMILES string of the molecule is C=C/C=C(\C=C)CN1CCCC(NC2CCCCC2)C1. The fourth-order valence-corrected chi connectivity index (χ4v) is 3.53. The van der Waals surface area contributed by atoms with Crippen molar-refractivity contribution in [3.8, 4) is 0 Å². The van der Waals surface area contributed by atoms with Gasteiger partial charge in [-0.25, -0.2) is 0 Å². The smallest absolute Gasteiger partial charge is 0.0234 e. The van der Waals surface area contributed by atoms with E-state index in [1.165, 1.54) is 63.6 Å². The summed E-state index contributed by atoms with van der Waals surface area (Å²) in [6.45, 7) is 11.1. The van der Waals surface area contributed by atoms with Gasteiger partial charge in [0.2, 0.25) is 0 Å². The van der Waals surface area contributed by atoms with Gasteiger partial charge in [0.05, 0.1) is 0 Å². The molecule has 1 heterocycles. The molecule has 1 atom stereocenters. The largest absolute Gasteiger partial charge is 0.310 e. The number of piperidine rings is 1. The Kier molecular flexibility index (Phi) is 6.55. The number of allylic oxidation sites excluding steroid dienone is 2. The molecule has 0 aromatic heterocycles. The van der Waals surface area contributed by atoms with Gasteiger partial charge in [0, 0.05) is 25.2 Å². The summed E-state index contributed by atoms with van der Waals surface area (Å²) in [4.78, 5) is 2.56. The molecule has 2 heteroatoms. The molecular weight excluding hydrogens is 244 g/mol. The molecule has 2 aliphatic rings. The van der Waals surface area contributed by atoms with E-state index in [4.69, 9.17) is 0 Å². The molecule has 0 amide bonds. The van der Waals surface area contributed by atoms with Crippen LogP contribution in [0.25, 0.3) is 0 Å². The van der Waals surface area contributed by atoms with Gasteiger partial charge in [0.15, 0.2) is 0 Å². The van der Waals surface area contributed by atoms with Gasteiger partial charge in [-0.15, -0.1) is 0 Å². The third-order valence-electron chi connectivity index (χ3n) is 4.58. The quantitative estimate of drug-likeness (QED) is 0.743. The maximum atomic E-state index is 3.90. The Bertz CT molecular complexity index is 339. The summed E-state index contributed by atoms with van der Waals surface area (Å²) >= 11 is 0. The summed E-state index contributed by atoms with van der Waals surface area (Å²) in [5.41, 5.74) is 1.28. The van der Waals surface area contributed by atoms with E-state index in [2.05, 4.69) is 29.5 Å². The van der Waals surface area contributed by atoms with Crippen LogP contribution in [0.1, 0.15) is 44.9 Å². The minimum atomic E-state index is 0.682. The van der Waals surface area contributed by atoms with E-state index in [1.807, 2.05) is 12.2 Å². The predicted octanol–water partition coefficient (Wildman–Crippen LogP) is 3.67. The fourth-order valence-electron chi connectivity index (χ4n) is 3.53. The molecule has 1 aliphatic carbocycles.